The molecule has 0 saturated carbocycles. The number of amides is 1. The molecule has 0 spiro atoms. The lowest BCUT2D eigenvalue weighted by Crippen LogP contribution is -2.26. The predicted molar refractivity (Wildman–Crippen MR) is 84.7 cm³/mol. The monoisotopic (exact) mass is 304 g/mol. The van der Waals surface area contributed by atoms with Crippen LogP contribution in [0.1, 0.15) is 28.9 Å². The van der Waals surface area contributed by atoms with Gasteiger partial charge in [0.05, 0.1) is 23.9 Å². The summed E-state index contributed by atoms with van der Waals surface area (Å²) in [6.07, 6.45) is 0. The van der Waals surface area contributed by atoms with Crippen LogP contribution in [-0.4, -0.2) is 13.0 Å². The van der Waals surface area contributed by atoms with Crippen molar-refractivity contribution in [3.05, 3.63) is 58.6 Å². The third-order valence-electron chi connectivity index (χ3n) is 3.22. The van der Waals surface area contributed by atoms with Gasteiger partial charge in [-0.15, -0.1) is 0 Å². The van der Waals surface area contributed by atoms with E-state index in [1.165, 1.54) is 0 Å². The van der Waals surface area contributed by atoms with Crippen LogP contribution in [0.2, 0.25) is 5.02 Å². The molecule has 0 aliphatic carbocycles. The summed E-state index contributed by atoms with van der Waals surface area (Å²) in [5.41, 5.74) is 7.47. The van der Waals surface area contributed by atoms with Gasteiger partial charge in [-0.1, -0.05) is 29.8 Å². The lowest BCUT2D eigenvalue weighted by molar-refractivity contribution is 0.0939. The maximum Gasteiger partial charge on any atom is 0.251 e. The number of methoxy groups -OCH3 is 1. The lowest BCUT2D eigenvalue weighted by atomic mass is 10.1. The molecule has 1 amide bonds. The Balaban J connectivity index is 2.16. The van der Waals surface area contributed by atoms with Crippen molar-refractivity contribution >= 4 is 23.2 Å². The first-order valence-corrected chi connectivity index (χ1v) is 6.89. The van der Waals surface area contributed by atoms with Crippen molar-refractivity contribution in [3.8, 4) is 5.75 Å². The number of rotatable bonds is 4. The van der Waals surface area contributed by atoms with Gasteiger partial charge in [-0.3, -0.25) is 4.79 Å². The third kappa shape index (κ3) is 3.47. The largest absolute Gasteiger partial charge is 0.496 e. The molecule has 0 saturated heterocycles. The molecule has 0 fully saturated rings. The number of para-hydroxylation sites is 1. The molecule has 2 aromatic carbocycles. The fourth-order valence-corrected chi connectivity index (χ4v) is 2.23. The van der Waals surface area contributed by atoms with E-state index in [0.717, 1.165) is 11.3 Å². The molecule has 2 rings (SSSR count). The molecule has 0 bridgehead atoms. The van der Waals surface area contributed by atoms with Crippen molar-refractivity contribution in [2.24, 2.45) is 0 Å². The second kappa shape index (κ2) is 6.50. The number of hydrogen-bond acceptors (Lipinski definition) is 3. The van der Waals surface area contributed by atoms with Crippen LogP contribution in [0.3, 0.4) is 0 Å². The number of carbonyl (C=O) groups is 1. The van der Waals surface area contributed by atoms with Crippen molar-refractivity contribution < 1.29 is 9.53 Å². The summed E-state index contributed by atoms with van der Waals surface area (Å²) in [5.74, 6) is 0.524. The number of halogens is 1. The lowest BCUT2D eigenvalue weighted by Gasteiger charge is -2.17. The van der Waals surface area contributed by atoms with Crippen LogP contribution in [0.4, 0.5) is 5.69 Å². The quantitative estimate of drug-likeness (QED) is 0.851. The molecule has 0 unspecified atom stereocenters. The van der Waals surface area contributed by atoms with Gasteiger partial charge < -0.3 is 15.8 Å². The van der Waals surface area contributed by atoms with Gasteiger partial charge in [0.2, 0.25) is 0 Å². The van der Waals surface area contributed by atoms with E-state index >= 15 is 0 Å². The van der Waals surface area contributed by atoms with Crippen molar-refractivity contribution in [2.75, 3.05) is 12.8 Å². The predicted octanol–water partition coefficient (Wildman–Crippen LogP) is 3.42. The molecule has 1 atom stereocenters. The molecule has 0 aliphatic heterocycles. The smallest absolute Gasteiger partial charge is 0.251 e. The number of nitrogens with one attached hydrogen (secondary N) is 1. The zero-order valence-electron chi connectivity index (χ0n) is 11.9. The molecular weight excluding hydrogens is 288 g/mol. The maximum absolute atomic E-state index is 12.2. The van der Waals surface area contributed by atoms with Gasteiger partial charge in [0.25, 0.3) is 5.91 Å². The summed E-state index contributed by atoms with van der Waals surface area (Å²) in [6.45, 7) is 1.90. The molecule has 0 aromatic heterocycles. The zero-order chi connectivity index (χ0) is 15.4. The van der Waals surface area contributed by atoms with Crippen LogP contribution in [-0.2, 0) is 0 Å². The maximum atomic E-state index is 12.2. The molecule has 5 heteroatoms. The first-order chi connectivity index (χ1) is 10.0. The summed E-state index contributed by atoms with van der Waals surface area (Å²) in [4.78, 5) is 12.2. The minimum Gasteiger partial charge on any atom is -0.496 e. The number of anilines is 1. The molecule has 110 valence electrons. The Labute approximate surface area is 128 Å². The zero-order valence-corrected chi connectivity index (χ0v) is 12.6. The Morgan fingerprint density at radius 1 is 1.29 bits per heavy atom. The van der Waals surface area contributed by atoms with Gasteiger partial charge in [0.15, 0.2) is 0 Å². The fraction of sp³-hybridized carbons (Fsp3) is 0.188. The van der Waals surface area contributed by atoms with Crippen LogP contribution in [0.25, 0.3) is 0 Å². The van der Waals surface area contributed by atoms with E-state index < -0.39 is 0 Å². The summed E-state index contributed by atoms with van der Waals surface area (Å²) in [5, 5.41) is 3.28. The molecular formula is C16H17ClN2O2. The van der Waals surface area contributed by atoms with Crippen molar-refractivity contribution in [3.63, 3.8) is 0 Å². The second-order valence-electron chi connectivity index (χ2n) is 4.67. The SMILES string of the molecule is COc1ccccc1[C@@H](C)NC(=O)c1ccc(N)c(Cl)c1. The normalized spacial score (nSPS) is 11.8. The number of nitrogen functional groups attached to an aromatic ring is 1. The Bertz CT molecular complexity index is 658. The summed E-state index contributed by atoms with van der Waals surface area (Å²) >= 11 is 5.93. The second-order valence-corrected chi connectivity index (χ2v) is 5.08. The minimum atomic E-state index is -0.213. The third-order valence-corrected chi connectivity index (χ3v) is 3.54. The number of nitrogens with two attached hydrogens (primary N) is 1. The molecule has 2 aromatic rings. The van der Waals surface area contributed by atoms with E-state index in [4.69, 9.17) is 22.1 Å². The van der Waals surface area contributed by atoms with Crippen molar-refractivity contribution in [1.82, 2.24) is 5.32 Å². The van der Waals surface area contributed by atoms with E-state index in [-0.39, 0.29) is 11.9 Å². The van der Waals surface area contributed by atoms with E-state index in [1.807, 2.05) is 31.2 Å². The van der Waals surface area contributed by atoms with E-state index in [1.54, 1.807) is 25.3 Å². The standard InChI is InChI=1S/C16H17ClN2O2/c1-10(12-5-3-4-6-15(12)21-2)19-16(20)11-7-8-14(18)13(17)9-11/h3-10H,18H2,1-2H3,(H,19,20)/t10-/m1/s1. The minimum absolute atomic E-state index is 0.190. The first-order valence-electron chi connectivity index (χ1n) is 6.51. The van der Waals surface area contributed by atoms with Gasteiger partial charge in [-0.25, -0.2) is 0 Å². The molecule has 4 nitrogen and oxygen atoms in total. The summed E-state index contributed by atoms with van der Waals surface area (Å²) < 4.78 is 5.30. The van der Waals surface area contributed by atoms with Crippen LogP contribution in [0.15, 0.2) is 42.5 Å². The van der Waals surface area contributed by atoms with Crippen LogP contribution >= 0.6 is 11.6 Å². The highest BCUT2D eigenvalue weighted by atomic mass is 35.5. The van der Waals surface area contributed by atoms with E-state index in [9.17, 15) is 4.79 Å². The Hall–Kier alpha value is -2.20. The Morgan fingerprint density at radius 2 is 2.00 bits per heavy atom. The van der Waals surface area contributed by atoms with Gasteiger partial charge >= 0.3 is 0 Å². The number of ether oxygens (including phenoxy) is 1. The molecule has 0 heterocycles. The van der Waals surface area contributed by atoms with Crippen LogP contribution < -0.4 is 15.8 Å². The fourth-order valence-electron chi connectivity index (χ4n) is 2.05. The number of carbonyl (C=O) groups excluding carboxylic acids is 1. The van der Waals surface area contributed by atoms with Gasteiger partial charge in [0.1, 0.15) is 5.75 Å². The van der Waals surface area contributed by atoms with Crippen LogP contribution in [0.5, 0.6) is 5.75 Å². The van der Waals surface area contributed by atoms with Gasteiger partial charge in [-0.05, 0) is 31.2 Å². The van der Waals surface area contributed by atoms with Crippen molar-refractivity contribution in [2.45, 2.75) is 13.0 Å². The molecule has 3 N–H and O–H groups in total. The first kappa shape index (κ1) is 15.2. The van der Waals surface area contributed by atoms with Gasteiger partial charge in [0, 0.05) is 11.1 Å². The summed E-state index contributed by atoms with van der Waals surface area (Å²) in [6, 6.07) is 12.2. The molecule has 0 radical (unpaired) electrons. The molecule has 21 heavy (non-hydrogen) atoms. The number of hydrogen-bond donors (Lipinski definition) is 2. The molecule has 0 aliphatic rings. The summed E-state index contributed by atoms with van der Waals surface area (Å²) in [7, 11) is 1.60. The van der Waals surface area contributed by atoms with Crippen LogP contribution in [0, 0.1) is 0 Å². The average molecular weight is 305 g/mol. The number of benzene rings is 2. The van der Waals surface area contributed by atoms with Crippen molar-refractivity contribution in [1.29, 1.82) is 0 Å². The Morgan fingerprint density at radius 3 is 2.67 bits per heavy atom. The highest BCUT2D eigenvalue weighted by Gasteiger charge is 2.15. The van der Waals surface area contributed by atoms with E-state index in [2.05, 4.69) is 5.32 Å². The van der Waals surface area contributed by atoms with E-state index in [0.29, 0.717) is 16.3 Å². The topological polar surface area (TPSA) is 64.3 Å². The highest BCUT2D eigenvalue weighted by molar-refractivity contribution is 6.33. The highest BCUT2D eigenvalue weighted by Crippen LogP contribution is 2.25. The van der Waals surface area contributed by atoms with Gasteiger partial charge in [-0.2, -0.15) is 0 Å². The Kier molecular flexibility index (Phi) is 4.70. The average Bonchev–Trinajstić information content (AvgIpc) is 2.49.